The number of anilines is 1. The average molecular weight is 431 g/mol. The highest BCUT2D eigenvalue weighted by molar-refractivity contribution is 7.98. The van der Waals surface area contributed by atoms with Gasteiger partial charge in [0.05, 0.1) is 0 Å². The molecular weight excluding hydrogens is 404 g/mol. The van der Waals surface area contributed by atoms with Crippen molar-refractivity contribution in [3.63, 3.8) is 0 Å². The SMILES string of the molecule is CC1=CC[C@H]([C@@H]2Nc3ccccc3-c3nnc(SCc4ccc(C)cc4)nc3O2)CC1. The fourth-order valence-electron chi connectivity index (χ4n) is 4.04. The first-order valence-corrected chi connectivity index (χ1v) is 11.8. The Morgan fingerprint density at radius 2 is 1.90 bits per heavy atom. The maximum Gasteiger partial charge on any atom is 0.247 e. The van der Waals surface area contributed by atoms with E-state index in [4.69, 9.17) is 9.72 Å². The molecule has 0 saturated heterocycles. The van der Waals surface area contributed by atoms with Crippen molar-refractivity contribution in [3.05, 3.63) is 71.3 Å². The molecule has 2 aromatic carbocycles. The third-order valence-electron chi connectivity index (χ3n) is 5.95. The Labute approximate surface area is 187 Å². The van der Waals surface area contributed by atoms with Gasteiger partial charge in [0.1, 0.15) is 0 Å². The molecule has 3 aromatic rings. The van der Waals surface area contributed by atoms with Crippen molar-refractivity contribution in [1.29, 1.82) is 0 Å². The van der Waals surface area contributed by atoms with E-state index in [-0.39, 0.29) is 6.23 Å². The molecule has 158 valence electrons. The zero-order valence-electron chi connectivity index (χ0n) is 17.8. The summed E-state index contributed by atoms with van der Waals surface area (Å²) in [6.45, 7) is 4.30. The number of ether oxygens (including phenoxy) is 1. The van der Waals surface area contributed by atoms with Crippen molar-refractivity contribution in [1.82, 2.24) is 15.2 Å². The fourth-order valence-corrected chi connectivity index (χ4v) is 4.77. The first-order valence-electron chi connectivity index (χ1n) is 10.8. The Hall–Kier alpha value is -2.86. The predicted octanol–water partition coefficient (Wildman–Crippen LogP) is 6.02. The Kier molecular flexibility index (Phi) is 5.64. The van der Waals surface area contributed by atoms with Gasteiger partial charge in [0, 0.05) is 22.9 Å². The number of aromatic nitrogens is 3. The molecule has 1 aromatic heterocycles. The molecule has 5 rings (SSSR count). The summed E-state index contributed by atoms with van der Waals surface area (Å²) < 4.78 is 6.46. The number of hydrogen-bond acceptors (Lipinski definition) is 6. The van der Waals surface area contributed by atoms with E-state index in [2.05, 4.69) is 65.8 Å². The quantitative estimate of drug-likeness (QED) is 0.404. The van der Waals surface area contributed by atoms with Crippen LogP contribution in [0, 0.1) is 12.8 Å². The van der Waals surface area contributed by atoms with Crippen LogP contribution in [0.2, 0.25) is 0 Å². The van der Waals surface area contributed by atoms with E-state index >= 15 is 0 Å². The topological polar surface area (TPSA) is 59.9 Å². The highest BCUT2D eigenvalue weighted by Crippen LogP contribution is 2.39. The van der Waals surface area contributed by atoms with Gasteiger partial charge in [0.2, 0.25) is 11.0 Å². The summed E-state index contributed by atoms with van der Waals surface area (Å²) >= 11 is 1.58. The molecule has 0 amide bonds. The van der Waals surface area contributed by atoms with Crippen LogP contribution in [-0.2, 0) is 5.75 Å². The van der Waals surface area contributed by atoms with Gasteiger partial charge in [-0.2, -0.15) is 4.98 Å². The number of thioether (sulfide) groups is 1. The van der Waals surface area contributed by atoms with Gasteiger partial charge in [-0.15, -0.1) is 10.2 Å². The van der Waals surface area contributed by atoms with Gasteiger partial charge in [-0.25, -0.2) is 0 Å². The van der Waals surface area contributed by atoms with Crippen LogP contribution in [-0.4, -0.2) is 21.4 Å². The average Bonchev–Trinajstić information content (AvgIpc) is 2.96. The monoisotopic (exact) mass is 430 g/mol. The molecule has 0 unspecified atom stereocenters. The lowest BCUT2D eigenvalue weighted by atomic mass is 9.89. The molecule has 2 heterocycles. The Balaban J connectivity index is 1.43. The van der Waals surface area contributed by atoms with Crippen LogP contribution in [0.3, 0.4) is 0 Å². The highest BCUT2D eigenvalue weighted by atomic mass is 32.2. The van der Waals surface area contributed by atoms with Crippen molar-refractivity contribution in [2.45, 2.75) is 50.2 Å². The molecule has 0 spiro atoms. The van der Waals surface area contributed by atoms with E-state index in [0.29, 0.717) is 22.6 Å². The standard InChI is InChI=1S/C25H26N4OS/c1-16-7-11-18(12-8-16)15-31-25-27-24-22(28-29-25)20-5-3-4-6-21(20)26-23(30-24)19-13-9-17(2)10-14-19/h3-9,11-12,19,23,26H,10,13-15H2,1-2H3/t19-,23+/m0/s1. The molecule has 1 aliphatic carbocycles. The second kappa shape index (κ2) is 8.71. The molecule has 2 atom stereocenters. The number of allylic oxidation sites excluding steroid dienone is 2. The molecule has 0 radical (unpaired) electrons. The van der Waals surface area contributed by atoms with Gasteiger partial charge < -0.3 is 10.1 Å². The van der Waals surface area contributed by atoms with E-state index < -0.39 is 0 Å². The smallest absolute Gasteiger partial charge is 0.247 e. The lowest BCUT2D eigenvalue weighted by Gasteiger charge is -2.29. The Bertz CT molecular complexity index is 1110. The molecular formula is C25H26N4OS. The van der Waals surface area contributed by atoms with E-state index in [0.717, 1.165) is 36.3 Å². The number of para-hydroxylation sites is 1. The first-order chi connectivity index (χ1) is 15.2. The molecule has 0 bridgehead atoms. The molecule has 6 heteroatoms. The van der Waals surface area contributed by atoms with Crippen molar-refractivity contribution in [2.75, 3.05) is 5.32 Å². The van der Waals surface area contributed by atoms with E-state index in [9.17, 15) is 0 Å². The summed E-state index contributed by atoms with van der Waals surface area (Å²) in [6.07, 6.45) is 5.41. The maximum atomic E-state index is 6.46. The highest BCUT2D eigenvalue weighted by Gasteiger charge is 2.31. The molecule has 5 nitrogen and oxygen atoms in total. The maximum absolute atomic E-state index is 6.46. The van der Waals surface area contributed by atoms with E-state index in [1.807, 2.05) is 18.2 Å². The Morgan fingerprint density at radius 3 is 2.71 bits per heavy atom. The van der Waals surface area contributed by atoms with Crippen molar-refractivity contribution >= 4 is 17.4 Å². The zero-order valence-corrected chi connectivity index (χ0v) is 18.7. The van der Waals surface area contributed by atoms with E-state index in [1.165, 1.54) is 16.7 Å². The third-order valence-corrected chi connectivity index (χ3v) is 6.86. The van der Waals surface area contributed by atoms with Gasteiger partial charge in [-0.3, -0.25) is 0 Å². The van der Waals surface area contributed by atoms with Crippen LogP contribution in [0.15, 0.2) is 65.3 Å². The molecule has 1 N–H and O–H groups in total. The summed E-state index contributed by atoms with van der Waals surface area (Å²) in [5.41, 5.74) is 6.67. The predicted molar refractivity (Wildman–Crippen MR) is 125 cm³/mol. The number of rotatable bonds is 4. The fraction of sp³-hybridized carbons (Fsp3) is 0.320. The van der Waals surface area contributed by atoms with Crippen molar-refractivity contribution in [3.8, 4) is 17.1 Å². The number of nitrogens with one attached hydrogen (secondary N) is 1. The lowest BCUT2D eigenvalue weighted by Crippen LogP contribution is -2.35. The van der Waals surface area contributed by atoms with Crippen LogP contribution in [0.1, 0.15) is 37.3 Å². The van der Waals surface area contributed by atoms with Crippen LogP contribution < -0.4 is 10.1 Å². The minimum Gasteiger partial charge on any atom is -0.452 e. The van der Waals surface area contributed by atoms with Gasteiger partial charge in [-0.1, -0.05) is 71.4 Å². The lowest BCUT2D eigenvalue weighted by molar-refractivity contribution is 0.145. The summed E-state index contributed by atoms with van der Waals surface area (Å²) in [6, 6.07) is 16.7. The number of aryl methyl sites for hydroxylation is 1. The van der Waals surface area contributed by atoms with E-state index in [1.54, 1.807) is 11.8 Å². The van der Waals surface area contributed by atoms with Crippen LogP contribution in [0.4, 0.5) is 5.69 Å². The molecule has 1 aliphatic heterocycles. The van der Waals surface area contributed by atoms with Crippen molar-refractivity contribution < 1.29 is 4.74 Å². The normalized spacial score (nSPS) is 19.9. The molecule has 2 aliphatic rings. The summed E-state index contributed by atoms with van der Waals surface area (Å²) in [5, 5.41) is 13.2. The van der Waals surface area contributed by atoms with Gasteiger partial charge in [-0.05, 0) is 44.7 Å². The van der Waals surface area contributed by atoms with Crippen LogP contribution in [0.5, 0.6) is 5.88 Å². The van der Waals surface area contributed by atoms with Gasteiger partial charge >= 0.3 is 0 Å². The first kappa shape index (κ1) is 20.1. The van der Waals surface area contributed by atoms with Crippen LogP contribution in [0.25, 0.3) is 11.3 Å². The van der Waals surface area contributed by atoms with Gasteiger partial charge in [0.25, 0.3) is 0 Å². The second-order valence-corrected chi connectivity index (χ2v) is 9.28. The molecule has 31 heavy (non-hydrogen) atoms. The zero-order chi connectivity index (χ0) is 21.2. The summed E-state index contributed by atoms with van der Waals surface area (Å²) in [7, 11) is 0. The Morgan fingerprint density at radius 1 is 1.06 bits per heavy atom. The largest absolute Gasteiger partial charge is 0.452 e. The number of hydrogen-bond donors (Lipinski definition) is 1. The summed E-state index contributed by atoms with van der Waals surface area (Å²) in [4.78, 5) is 4.78. The summed E-state index contributed by atoms with van der Waals surface area (Å²) in [5.74, 6) is 1.75. The number of fused-ring (bicyclic) bond motifs is 3. The minimum atomic E-state index is -0.140. The second-order valence-electron chi connectivity index (χ2n) is 8.34. The van der Waals surface area contributed by atoms with Crippen LogP contribution >= 0.6 is 11.8 Å². The number of benzene rings is 2. The van der Waals surface area contributed by atoms with Crippen molar-refractivity contribution in [2.24, 2.45) is 5.92 Å². The molecule has 0 saturated carbocycles. The molecule has 0 fully saturated rings. The minimum absolute atomic E-state index is 0.140. The van der Waals surface area contributed by atoms with Gasteiger partial charge in [0.15, 0.2) is 11.9 Å². The third kappa shape index (κ3) is 4.44. The number of nitrogens with zero attached hydrogens (tertiary/aromatic N) is 3.